The summed E-state index contributed by atoms with van der Waals surface area (Å²) >= 11 is 0. The maximum absolute atomic E-state index is 12.5. The van der Waals surface area contributed by atoms with Crippen LogP contribution < -0.4 is 10.1 Å². The highest BCUT2D eigenvalue weighted by atomic mass is 16.5. The van der Waals surface area contributed by atoms with Crippen molar-refractivity contribution in [3.8, 4) is 17.1 Å². The summed E-state index contributed by atoms with van der Waals surface area (Å²) in [5, 5.41) is 7.09. The Hall–Kier alpha value is -3.33. The molecule has 0 aliphatic carbocycles. The van der Waals surface area contributed by atoms with Crippen molar-refractivity contribution in [3.05, 3.63) is 54.4 Å². The second-order valence-corrected chi connectivity index (χ2v) is 6.67. The van der Waals surface area contributed by atoms with Gasteiger partial charge in [0.05, 0.1) is 18.7 Å². The molecule has 1 fully saturated rings. The van der Waals surface area contributed by atoms with Crippen LogP contribution >= 0.6 is 0 Å². The van der Waals surface area contributed by atoms with Crippen LogP contribution in [0.25, 0.3) is 11.4 Å². The van der Waals surface area contributed by atoms with Crippen molar-refractivity contribution in [2.24, 2.45) is 0 Å². The topological polar surface area (TPSA) is 106 Å². The Balaban J connectivity index is 1.42. The maximum atomic E-state index is 12.5. The molecular formula is C19H20N6O3. The molecule has 1 N–H and O–H groups in total. The van der Waals surface area contributed by atoms with E-state index in [1.54, 1.807) is 43.8 Å². The monoisotopic (exact) mass is 380 g/mol. The molecule has 9 heteroatoms. The highest BCUT2D eigenvalue weighted by Crippen LogP contribution is 2.30. The highest BCUT2D eigenvalue weighted by Gasteiger charge is 2.35. The Morgan fingerprint density at radius 1 is 1.25 bits per heavy atom. The van der Waals surface area contributed by atoms with Crippen LogP contribution in [0.3, 0.4) is 0 Å². The van der Waals surface area contributed by atoms with Gasteiger partial charge in [-0.2, -0.15) is 4.98 Å². The van der Waals surface area contributed by atoms with E-state index in [-0.39, 0.29) is 18.0 Å². The fourth-order valence-electron chi connectivity index (χ4n) is 3.31. The van der Waals surface area contributed by atoms with Crippen LogP contribution in [0.5, 0.6) is 5.75 Å². The van der Waals surface area contributed by atoms with E-state index >= 15 is 0 Å². The maximum Gasteiger partial charge on any atom is 0.251 e. The summed E-state index contributed by atoms with van der Waals surface area (Å²) in [4.78, 5) is 27.0. The Morgan fingerprint density at radius 2 is 2.00 bits per heavy atom. The van der Waals surface area contributed by atoms with Crippen LogP contribution in [0.4, 0.5) is 0 Å². The number of nitrogens with one attached hydrogen (secondary N) is 1. The quantitative estimate of drug-likeness (QED) is 0.713. The first kappa shape index (κ1) is 18.1. The first-order valence-corrected chi connectivity index (χ1v) is 8.88. The molecule has 3 aromatic rings. The van der Waals surface area contributed by atoms with Gasteiger partial charge in [-0.1, -0.05) is 5.16 Å². The fourth-order valence-corrected chi connectivity index (χ4v) is 3.31. The number of rotatable bonds is 5. The molecule has 2 unspecified atom stereocenters. The zero-order valence-corrected chi connectivity index (χ0v) is 15.6. The van der Waals surface area contributed by atoms with Gasteiger partial charge in [-0.25, -0.2) is 9.97 Å². The third-order valence-electron chi connectivity index (χ3n) is 4.78. The van der Waals surface area contributed by atoms with Gasteiger partial charge >= 0.3 is 0 Å². The lowest BCUT2D eigenvalue weighted by Gasteiger charge is -2.14. The number of likely N-dealkylation sites (N-methyl/N-ethyl adjacent to an activating group) is 1. The summed E-state index contributed by atoms with van der Waals surface area (Å²) in [5.41, 5.74) is 1.29. The van der Waals surface area contributed by atoms with Crippen molar-refractivity contribution in [2.45, 2.75) is 18.5 Å². The van der Waals surface area contributed by atoms with Gasteiger partial charge in [0.2, 0.25) is 11.7 Å². The minimum absolute atomic E-state index is 0.0139. The standard InChI is InChI=1S/C19H20N6O3/c1-25-10-14(22-18(26)12-3-5-15(27-2)6-4-12)7-16(25)19-23-17(24-28-19)13-8-20-11-21-9-13/h3-6,8-9,11,14,16H,7,10H2,1-2H3,(H,22,26). The molecule has 1 aromatic carbocycles. The van der Waals surface area contributed by atoms with Gasteiger partial charge in [-0.3, -0.25) is 9.69 Å². The van der Waals surface area contributed by atoms with Gasteiger partial charge in [0.15, 0.2) is 0 Å². The van der Waals surface area contributed by atoms with E-state index in [1.165, 1.54) is 6.33 Å². The zero-order valence-electron chi connectivity index (χ0n) is 15.6. The number of benzene rings is 1. The van der Waals surface area contributed by atoms with Crippen molar-refractivity contribution in [1.82, 2.24) is 30.3 Å². The number of ether oxygens (including phenoxy) is 1. The van der Waals surface area contributed by atoms with E-state index in [9.17, 15) is 4.79 Å². The number of hydrogen-bond donors (Lipinski definition) is 1. The van der Waals surface area contributed by atoms with Gasteiger partial charge < -0.3 is 14.6 Å². The lowest BCUT2D eigenvalue weighted by atomic mass is 10.1. The molecule has 1 aliphatic rings. The molecule has 1 aliphatic heterocycles. The number of nitrogens with zero attached hydrogens (tertiary/aromatic N) is 5. The third kappa shape index (κ3) is 3.70. The molecule has 0 saturated carbocycles. The lowest BCUT2D eigenvalue weighted by Crippen LogP contribution is -2.36. The number of methoxy groups -OCH3 is 1. The minimum atomic E-state index is -0.116. The summed E-state index contributed by atoms with van der Waals surface area (Å²) in [7, 11) is 3.57. The van der Waals surface area contributed by atoms with E-state index in [0.29, 0.717) is 41.6 Å². The molecule has 1 amide bonds. The molecule has 2 aromatic heterocycles. The second kappa shape index (κ2) is 7.73. The molecule has 144 valence electrons. The van der Waals surface area contributed by atoms with Crippen molar-refractivity contribution in [1.29, 1.82) is 0 Å². The Bertz CT molecular complexity index is 944. The van der Waals surface area contributed by atoms with E-state index in [1.807, 2.05) is 7.05 Å². The summed E-state index contributed by atoms with van der Waals surface area (Å²) in [6.45, 7) is 0.693. The van der Waals surface area contributed by atoms with E-state index in [4.69, 9.17) is 9.26 Å². The normalized spacial score (nSPS) is 19.5. The predicted molar refractivity (Wildman–Crippen MR) is 99.6 cm³/mol. The smallest absolute Gasteiger partial charge is 0.251 e. The number of carbonyl (C=O) groups is 1. The van der Waals surface area contributed by atoms with Crippen LogP contribution in [-0.2, 0) is 0 Å². The summed E-state index contributed by atoms with van der Waals surface area (Å²) < 4.78 is 10.6. The van der Waals surface area contributed by atoms with Crippen molar-refractivity contribution < 1.29 is 14.1 Å². The predicted octanol–water partition coefficient (Wildman–Crippen LogP) is 1.71. The molecule has 0 radical (unpaired) electrons. The van der Waals surface area contributed by atoms with Gasteiger partial charge in [-0.15, -0.1) is 0 Å². The fraction of sp³-hybridized carbons (Fsp3) is 0.316. The number of aromatic nitrogens is 4. The van der Waals surface area contributed by atoms with Crippen LogP contribution in [0.1, 0.15) is 28.7 Å². The van der Waals surface area contributed by atoms with Crippen LogP contribution in [0, 0.1) is 0 Å². The van der Waals surface area contributed by atoms with Crippen molar-refractivity contribution >= 4 is 5.91 Å². The lowest BCUT2D eigenvalue weighted by molar-refractivity contribution is 0.0938. The summed E-state index contributed by atoms with van der Waals surface area (Å²) in [6.07, 6.45) is 5.41. The zero-order chi connectivity index (χ0) is 19.5. The largest absolute Gasteiger partial charge is 0.497 e. The van der Waals surface area contributed by atoms with Crippen LogP contribution in [-0.4, -0.2) is 57.7 Å². The highest BCUT2D eigenvalue weighted by molar-refractivity contribution is 5.94. The Morgan fingerprint density at radius 3 is 2.71 bits per heavy atom. The average molecular weight is 380 g/mol. The number of carbonyl (C=O) groups excluding carboxylic acids is 1. The number of amides is 1. The first-order valence-electron chi connectivity index (χ1n) is 8.88. The number of likely N-dealkylation sites (tertiary alicyclic amines) is 1. The van der Waals surface area contributed by atoms with E-state index in [0.717, 1.165) is 0 Å². The molecule has 9 nitrogen and oxygen atoms in total. The molecule has 0 bridgehead atoms. The molecule has 3 heterocycles. The van der Waals surface area contributed by atoms with E-state index < -0.39 is 0 Å². The third-order valence-corrected chi connectivity index (χ3v) is 4.78. The van der Waals surface area contributed by atoms with Gasteiger partial charge in [0.25, 0.3) is 5.91 Å². The minimum Gasteiger partial charge on any atom is -0.497 e. The molecule has 4 rings (SSSR count). The molecule has 0 spiro atoms. The summed E-state index contributed by atoms with van der Waals surface area (Å²) in [5.74, 6) is 1.57. The van der Waals surface area contributed by atoms with Gasteiger partial charge in [-0.05, 0) is 37.7 Å². The van der Waals surface area contributed by atoms with Crippen LogP contribution in [0.15, 0.2) is 47.5 Å². The second-order valence-electron chi connectivity index (χ2n) is 6.67. The molecular weight excluding hydrogens is 360 g/mol. The molecule has 28 heavy (non-hydrogen) atoms. The SMILES string of the molecule is COc1ccc(C(=O)NC2CC(c3nc(-c4cncnc4)no3)N(C)C2)cc1. The van der Waals surface area contributed by atoms with Crippen LogP contribution in [0.2, 0.25) is 0 Å². The Labute approximate surface area is 161 Å². The summed E-state index contributed by atoms with van der Waals surface area (Å²) in [6, 6.07) is 6.96. The van der Waals surface area contributed by atoms with E-state index in [2.05, 4.69) is 30.3 Å². The Kier molecular flexibility index (Phi) is 4.98. The molecule has 1 saturated heterocycles. The first-order chi connectivity index (χ1) is 13.6. The van der Waals surface area contributed by atoms with Crippen molar-refractivity contribution in [2.75, 3.05) is 20.7 Å². The van der Waals surface area contributed by atoms with Gasteiger partial charge in [0.1, 0.15) is 12.1 Å². The average Bonchev–Trinajstić information content (AvgIpc) is 3.35. The number of hydrogen-bond acceptors (Lipinski definition) is 8. The van der Waals surface area contributed by atoms with Gasteiger partial charge in [0, 0.05) is 30.5 Å². The van der Waals surface area contributed by atoms with Crippen molar-refractivity contribution in [3.63, 3.8) is 0 Å². The molecule has 2 atom stereocenters.